The molecule has 1 atom stereocenters. The summed E-state index contributed by atoms with van der Waals surface area (Å²) in [5.41, 5.74) is 10.2. The van der Waals surface area contributed by atoms with Gasteiger partial charge in [0.05, 0.1) is 5.70 Å². The zero-order chi connectivity index (χ0) is 20.9. The molecule has 0 aliphatic heterocycles. The highest BCUT2D eigenvalue weighted by Gasteiger charge is 2.35. The second kappa shape index (κ2) is 7.30. The molecule has 0 N–H and O–H groups in total. The molecule has 6 rings (SSSR count). The van der Waals surface area contributed by atoms with E-state index in [9.17, 15) is 0 Å². The second-order valence-electron chi connectivity index (χ2n) is 8.06. The molecule has 0 fully saturated rings. The van der Waals surface area contributed by atoms with Gasteiger partial charge in [0.2, 0.25) is 0 Å². The maximum absolute atomic E-state index is 6.20. The lowest BCUT2D eigenvalue weighted by Crippen LogP contribution is -2.27. The molecule has 0 bridgehead atoms. The average molecular weight is 440 g/mol. The molecule has 1 unspecified atom stereocenters. The number of allylic oxidation sites excluding steroid dienone is 12. The zero-order valence-corrected chi connectivity index (χ0v) is 18.2. The van der Waals surface area contributed by atoms with Crippen LogP contribution in [-0.2, 0) is 0 Å². The summed E-state index contributed by atoms with van der Waals surface area (Å²) in [4.78, 5) is 2.31. The van der Waals surface area contributed by atoms with Gasteiger partial charge < -0.3 is 4.90 Å². The Balaban J connectivity index is 1.54. The van der Waals surface area contributed by atoms with Crippen LogP contribution in [0.15, 0.2) is 131 Å². The minimum atomic E-state index is 0.325. The van der Waals surface area contributed by atoms with Crippen LogP contribution in [0, 0.1) is 5.92 Å². The highest BCUT2D eigenvalue weighted by atomic mass is 35.5. The Labute approximate surface area is 192 Å². The smallest absolute Gasteiger partial charge is 0.0500 e. The number of hydrogen-bond acceptors (Lipinski definition) is 1. The van der Waals surface area contributed by atoms with Gasteiger partial charge in [0.1, 0.15) is 0 Å². The monoisotopic (exact) mass is 439 g/mol. The van der Waals surface area contributed by atoms with E-state index in [0.717, 1.165) is 27.8 Å². The third kappa shape index (κ3) is 3.08. The summed E-state index contributed by atoms with van der Waals surface area (Å²) in [6.45, 7) is 0. The number of anilines is 2. The first-order chi connectivity index (χ1) is 15.2. The van der Waals surface area contributed by atoms with Crippen molar-refractivity contribution in [3.05, 3.63) is 141 Å². The summed E-state index contributed by atoms with van der Waals surface area (Å²) in [5.74, 6) is 0.325. The highest BCUT2D eigenvalue weighted by Crippen LogP contribution is 2.50. The Morgan fingerprint density at radius 3 is 2.03 bits per heavy atom. The number of nitrogens with zero attached hydrogens (tertiary/aromatic N) is 1. The normalized spacial score (nSPS) is 20.5. The van der Waals surface area contributed by atoms with Crippen LogP contribution in [0.2, 0.25) is 10.0 Å². The van der Waals surface area contributed by atoms with Gasteiger partial charge in [0.15, 0.2) is 0 Å². The summed E-state index contributed by atoms with van der Waals surface area (Å²) >= 11 is 12.4. The minimum Gasteiger partial charge on any atom is -0.310 e. The summed E-state index contributed by atoms with van der Waals surface area (Å²) in [6.07, 6.45) is 19.0. The van der Waals surface area contributed by atoms with Crippen LogP contribution in [0.4, 0.5) is 11.4 Å². The predicted molar refractivity (Wildman–Crippen MR) is 131 cm³/mol. The van der Waals surface area contributed by atoms with E-state index in [1.165, 1.54) is 33.6 Å². The van der Waals surface area contributed by atoms with Crippen LogP contribution < -0.4 is 4.90 Å². The van der Waals surface area contributed by atoms with E-state index in [0.29, 0.717) is 5.92 Å². The molecule has 0 amide bonds. The molecule has 150 valence electrons. The van der Waals surface area contributed by atoms with E-state index in [1.54, 1.807) is 0 Å². The van der Waals surface area contributed by atoms with Crippen LogP contribution in [0.3, 0.4) is 0 Å². The van der Waals surface area contributed by atoms with Gasteiger partial charge >= 0.3 is 0 Å². The highest BCUT2D eigenvalue weighted by molar-refractivity contribution is 6.31. The topological polar surface area (TPSA) is 3.24 Å². The van der Waals surface area contributed by atoms with Crippen LogP contribution in [0.25, 0.3) is 0 Å². The van der Waals surface area contributed by atoms with E-state index in [1.807, 2.05) is 24.3 Å². The Kier molecular flexibility index (Phi) is 4.41. The fourth-order valence-corrected chi connectivity index (χ4v) is 5.15. The first-order valence-electron chi connectivity index (χ1n) is 10.4. The van der Waals surface area contributed by atoms with Gasteiger partial charge in [-0.25, -0.2) is 0 Å². The van der Waals surface area contributed by atoms with Crippen molar-refractivity contribution in [2.75, 3.05) is 4.90 Å². The number of halogens is 2. The standard InChI is InChI=1S/C28H19Cl2N/c29-21-8-12-23(13-9-21)31(24-14-10-22(30)11-15-24)26-17-7-20-5-4-18-2-1-3-19-6-16-25(26)28(20)27(18)19/h1-6,8-17,27H,7H2. The van der Waals surface area contributed by atoms with E-state index in [4.69, 9.17) is 23.2 Å². The van der Waals surface area contributed by atoms with Gasteiger partial charge in [-0.3, -0.25) is 0 Å². The van der Waals surface area contributed by atoms with Crippen LogP contribution in [0.1, 0.15) is 6.42 Å². The van der Waals surface area contributed by atoms with Crippen molar-refractivity contribution >= 4 is 34.6 Å². The molecule has 0 aromatic heterocycles. The van der Waals surface area contributed by atoms with Crippen molar-refractivity contribution in [3.63, 3.8) is 0 Å². The van der Waals surface area contributed by atoms with Crippen molar-refractivity contribution in [3.8, 4) is 0 Å². The molecular formula is C28H19Cl2N. The molecule has 4 aliphatic rings. The Bertz CT molecular complexity index is 1250. The summed E-state index contributed by atoms with van der Waals surface area (Å²) in [5, 5.41) is 1.46. The fraction of sp³-hybridized carbons (Fsp3) is 0.0714. The van der Waals surface area contributed by atoms with Crippen LogP contribution >= 0.6 is 23.2 Å². The van der Waals surface area contributed by atoms with E-state index < -0.39 is 0 Å². The van der Waals surface area contributed by atoms with Crippen LogP contribution in [0.5, 0.6) is 0 Å². The molecule has 0 saturated carbocycles. The SMILES string of the molecule is Clc1ccc(N(C2=CCC3=CC=C4C=CC=C5C=CC2=C3C54)c2ccc(Cl)cc2)cc1. The Hall–Kier alpha value is -3.00. The first kappa shape index (κ1) is 18.7. The minimum absolute atomic E-state index is 0.325. The number of benzene rings is 2. The van der Waals surface area contributed by atoms with Crippen molar-refractivity contribution in [1.82, 2.24) is 0 Å². The zero-order valence-electron chi connectivity index (χ0n) is 16.7. The van der Waals surface area contributed by atoms with Gasteiger partial charge in [-0.2, -0.15) is 0 Å². The molecular weight excluding hydrogens is 421 g/mol. The largest absolute Gasteiger partial charge is 0.310 e. The fourth-order valence-electron chi connectivity index (χ4n) is 4.90. The van der Waals surface area contributed by atoms with Crippen LogP contribution in [-0.4, -0.2) is 0 Å². The molecule has 0 heterocycles. The van der Waals surface area contributed by atoms with Crippen molar-refractivity contribution in [2.45, 2.75) is 6.42 Å². The Morgan fingerprint density at radius 1 is 0.710 bits per heavy atom. The number of rotatable bonds is 3. The molecule has 0 saturated heterocycles. The quantitative estimate of drug-likeness (QED) is 0.464. The van der Waals surface area contributed by atoms with E-state index in [-0.39, 0.29) is 0 Å². The molecule has 3 heteroatoms. The van der Waals surface area contributed by atoms with Crippen molar-refractivity contribution < 1.29 is 0 Å². The molecule has 2 aromatic carbocycles. The molecule has 0 radical (unpaired) electrons. The molecule has 31 heavy (non-hydrogen) atoms. The lowest BCUT2D eigenvalue weighted by molar-refractivity contribution is 0.821. The predicted octanol–water partition coefficient (Wildman–Crippen LogP) is 8.26. The average Bonchev–Trinajstić information content (AvgIpc) is 2.81. The third-order valence-electron chi connectivity index (χ3n) is 6.29. The lowest BCUT2D eigenvalue weighted by atomic mass is 9.68. The summed E-state index contributed by atoms with van der Waals surface area (Å²) in [6, 6.07) is 16.1. The van der Waals surface area contributed by atoms with E-state index >= 15 is 0 Å². The Morgan fingerprint density at radius 2 is 1.35 bits per heavy atom. The van der Waals surface area contributed by atoms with E-state index in [2.05, 4.69) is 77.8 Å². The van der Waals surface area contributed by atoms with Gasteiger partial charge in [0.25, 0.3) is 0 Å². The summed E-state index contributed by atoms with van der Waals surface area (Å²) in [7, 11) is 0. The number of hydrogen-bond donors (Lipinski definition) is 0. The van der Waals surface area contributed by atoms with Crippen molar-refractivity contribution in [2.24, 2.45) is 5.92 Å². The molecule has 4 aliphatic carbocycles. The van der Waals surface area contributed by atoms with Gasteiger partial charge in [-0.15, -0.1) is 0 Å². The lowest BCUT2D eigenvalue weighted by Gasteiger charge is -2.39. The first-order valence-corrected chi connectivity index (χ1v) is 11.2. The summed E-state index contributed by atoms with van der Waals surface area (Å²) < 4.78 is 0. The molecule has 0 spiro atoms. The second-order valence-corrected chi connectivity index (χ2v) is 8.93. The van der Waals surface area contributed by atoms with Gasteiger partial charge in [-0.1, -0.05) is 71.8 Å². The van der Waals surface area contributed by atoms with Gasteiger partial charge in [-0.05, 0) is 77.2 Å². The molecule has 2 aromatic rings. The molecule has 1 nitrogen and oxygen atoms in total. The van der Waals surface area contributed by atoms with Crippen molar-refractivity contribution in [1.29, 1.82) is 0 Å². The maximum Gasteiger partial charge on any atom is 0.0500 e. The maximum atomic E-state index is 6.20. The van der Waals surface area contributed by atoms with Gasteiger partial charge in [0, 0.05) is 32.9 Å². The third-order valence-corrected chi connectivity index (χ3v) is 6.79.